The molecule has 4 heteroatoms. The van der Waals surface area contributed by atoms with E-state index in [0.29, 0.717) is 5.56 Å². The van der Waals surface area contributed by atoms with Crippen LogP contribution in [0.3, 0.4) is 0 Å². The molecule has 100 valence electrons. The maximum Gasteiger partial charge on any atom is 0.129 e. The highest BCUT2D eigenvalue weighted by Crippen LogP contribution is 2.35. The molecule has 3 rings (SSSR count). The van der Waals surface area contributed by atoms with Crippen molar-refractivity contribution in [2.45, 2.75) is 31.8 Å². The van der Waals surface area contributed by atoms with E-state index in [0.717, 1.165) is 23.8 Å². The quantitative estimate of drug-likeness (QED) is 0.907. The highest BCUT2D eigenvalue weighted by atomic mass is 32.1. The molecule has 1 aromatic carbocycles. The van der Waals surface area contributed by atoms with Gasteiger partial charge in [-0.3, -0.25) is 0 Å². The van der Waals surface area contributed by atoms with Crippen molar-refractivity contribution in [3.63, 3.8) is 0 Å². The van der Waals surface area contributed by atoms with Gasteiger partial charge in [-0.25, -0.2) is 8.78 Å². The predicted molar refractivity (Wildman–Crippen MR) is 71.4 cm³/mol. The number of benzene rings is 1. The molecule has 0 saturated carbocycles. The first kappa shape index (κ1) is 12.8. The van der Waals surface area contributed by atoms with Gasteiger partial charge in [-0.05, 0) is 42.5 Å². The number of hydrogen-bond donors (Lipinski definition) is 1. The van der Waals surface area contributed by atoms with Crippen LogP contribution in [-0.2, 0) is 19.3 Å². The molecule has 1 aliphatic rings. The summed E-state index contributed by atoms with van der Waals surface area (Å²) in [4.78, 5) is 2.22. The van der Waals surface area contributed by atoms with Crippen LogP contribution in [0, 0.1) is 11.6 Å². The molecule has 0 spiro atoms. The second kappa shape index (κ2) is 5.02. The maximum absolute atomic E-state index is 13.5. The Bertz CT molecular complexity index is 585. The lowest BCUT2D eigenvalue weighted by Crippen LogP contribution is -2.02. The first-order valence-electron chi connectivity index (χ1n) is 6.37. The van der Waals surface area contributed by atoms with Crippen molar-refractivity contribution in [3.05, 3.63) is 56.8 Å². The summed E-state index contributed by atoms with van der Waals surface area (Å²) in [6.07, 6.45) is 2.81. The average Bonchev–Trinajstić information content (AvgIpc) is 2.93. The second-order valence-corrected chi connectivity index (χ2v) is 6.07. The fourth-order valence-electron chi connectivity index (χ4n) is 2.51. The van der Waals surface area contributed by atoms with E-state index in [1.54, 1.807) is 11.3 Å². The Kier molecular flexibility index (Phi) is 3.37. The molecule has 1 N–H and O–H groups in total. The summed E-state index contributed by atoms with van der Waals surface area (Å²) in [6, 6.07) is 5.50. The molecule has 0 fully saturated rings. The third-order valence-electron chi connectivity index (χ3n) is 3.52. The van der Waals surface area contributed by atoms with Crippen molar-refractivity contribution in [2.75, 3.05) is 0 Å². The molecule has 0 amide bonds. The first-order chi connectivity index (χ1) is 9.13. The number of rotatable bonds is 3. The zero-order chi connectivity index (χ0) is 13.4. The molecule has 0 radical (unpaired) electrons. The highest BCUT2D eigenvalue weighted by Gasteiger charge is 2.20. The van der Waals surface area contributed by atoms with Crippen LogP contribution in [0.5, 0.6) is 0 Å². The van der Waals surface area contributed by atoms with Gasteiger partial charge < -0.3 is 5.11 Å². The Morgan fingerprint density at radius 3 is 2.79 bits per heavy atom. The lowest BCUT2D eigenvalue weighted by atomic mass is 10.1. The topological polar surface area (TPSA) is 20.2 Å². The van der Waals surface area contributed by atoms with Crippen LogP contribution in [0.4, 0.5) is 8.78 Å². The molecule has 1 aliphatic carbocycles. The van der Waals surface area contributed by atoms with E-state index < -0.39 is 17.7 Å². The van der Waals surface area contributed by atoms with Gasteiger partial charge in [0.25, 0.3) is 0 Å². The molecule has 1 aromatic heterocycles. The largest absolute Gasteiger partial charge is 0.387 e. The molecule has 0 saturated heterocycles. The summed E-state index contributed by atoms with van der Waals surface area (Å²) < 4.78 is 26.4. The Morgan fingerprint density at radius 1 is 1.21 bits per heavy atom. The van der Waals surface area contributed by atoms with Gasteiger partial charge in [-0.15, -0.1) is 11.3 Å². The van der Waals surface area contributed by atoms with E-state index in [9.17, 15) is 13.9 Å². The number of aliphatic hydroxyl groups is 1. The lowest BCUT2D eigenvalue weighted by Gasteiger charge is -2.09. The molecule has 19 heavy (non-hydrogen) atoms. The van der Waals surface area contributed by atoms with E-state index in [1.807, 2.05) is 6.07 Å². The molecule has 0 aliphatic heterocycles. The van der Waals surface area contributed by atoms with E-state index in [4.69, 9.17) is 0 Å². The fourth-order valence-corrected chi connectivity index (χ4v) is 3.76. The van der Waals surface area contributed by atoms with Crippen molar-refractivity contribution >= 4 is 11.3 Å². The molecule has 2 aromatic rings. The Balaban J connectivity index is 1.78. The number of aryl methyl sites for hydroxylation is 2. The average molecular weight is 280 g/mol. The molecule has 1 atom stereocenters. The monoisotopic (exact) mass is 280 g/mol. The van der Waals surface area contributed by atoms with E-state index in [-0.39, 0.29) is 6.42 Å². The standard InChI is InChI=1S/C15H14F2OS/c16-11-5-4-9(12(17)8-11)6-13(18)15-7-10-2-1-3-14(10)19-15/h4-5,7-8,13,18H,1-3,6H2. The molecular formula is C15H14F2OS. The smallest absolute Gasteiger partial charge is 0.129 e. The third kappa shape index (κ3) is 2.55. The van der Waals surface area contributed by atoms with Crippen molar-refractivity contribution in [1.29, 1.82) is 0 Å². The van der Waals surface area contributed by atoms with Crippen LogP contribution in [0.25, 0.3) is 0 Å². The number of halogens is 2. The summed E-state index contributed by atoms with van der Waals surface area (Å²) in [5.41, 5.74) is 1.67. The molecule has 1 heterocycles. The second-order valence-electron chi connectivity index (χ2n) is 4.91. The molecule has 0 bridgehead atoms. The van der Waals surface area contributed by atoms with Crippen LogP contribution in [-0.4, -0.2) is 5.11 Å². The summed E-state index contributed by atoms with van der Waals surface area (Å²) in [7, 11) is 0. The zero-order valence-electron chi connectivity index (χ0n) is 10.3. The van der Waals surface area contributed by atoms with Gasteiger partial charge in [0.2, 0.25) is 0 Å². The summed E-state index contributed by atoms with van der Waals surface area (Å²) >= 11 is 1.61. The third-order valence-corrected chi connectivity index (χ3v) is 4.86. The van der Waals surface area contributed by atoms with Crippen molar-refractivity contribution in [3.8, 4) is 0 Å². The molecular weight excluding hydrogens is 266 g/mol. The minimum absolute atomic E-state index is 0.186. The maximum atomic E-state index is 13.5. The van der Waals surface area contributed by atoms with Crippen LogP contribution in [0.2, 0.25) is 0 Å². The lowest BCUT2D eigenvalue weighted by molar-refractivity contribution is 0.181. The number of hydrogen-bond acceptors (Lipinski definition) is 2. The number of thiophene rings is 1. The summed E-state index contributed by atoms with van der Waals surface area (Å²) in [6.45, 7) is 0. The number of aliphatic hydroxyl groups excluding tert-OH is 1. The van der Waals surface area contributed by atoms with Crippen LogP contribution in [0.15, 0.2) is 24.3 Å². The Labute approximate surface area is 114 Å². The summed E-state index contributed by atoms with van der Waals surface area (Å²) in [5.74, 6) is -1.19. The fraction of sp³-hybridized carbons (Fsp3) is 0.333. The highest BCUT2D eigenvalue weighted by molar-refractivity contribution is 7.12. The van der Waals surface area contributed by atoms with Gasteiger partial charge in [0, 0.05) is 22.2 Å². The van der Waals surface area contributed by atoms with E-state index in [1.165, 1.54) is 29.0 Å². The van der Waals surface area contributed by atoms with Gasteiger partial charge in [0.1, 0.15) is 11.6 Å². The first-order valence-corrected chi connectivity index (χ1v) is 7.18. The number of fused-ring (bicyclic) bond motifs is 1. The molecule has 1 unspecified atom stereocenters. The van der Waals surface area contributed by atoms with Crippen LogP contribution in [0.1, 0.15) is 33.4 Å². The predicted octanol–water partition coefficient (Wildman–Crippen LogP) is 3.79. The van der Waals surface area contributed by atoms with Crippen molar-refractivity contribution in [2.24, 2.45) is 0 Å². The van der Waals surface area contributed by atoms with Crippen molar-refractivity contribution < 1.29 is 13.9 Å². The van der Waals surface area contributed by atoms with Gasteiger partial charge in [-0.1, -0.05) is 6.07 Å². The van der Waals surface area contributed by atoms with Gasteiger partial charge >= 0.3 is 0 Å². The normalized spacial score (nSPS) is 15.5. The van der Waals surface area contributed by atoms with Crippen molar-refractivity contribution in [1.82, 2.24) is 0 Å². The summed E-state index contributed by atoms with van der Waals surface area (Å²) in [5, 5.41) is 10.2. The van der Waals surface area contributed by atoms with E-state index >= 15 is 0 Å². The van der Waals surface area contributed by atoms with Crippen LogP contribution < -0.4 is 0 Å². The minimum Gasteiger partial charge on any atom is -0.387 e. The Morgan fingerprint density at radius 2 is 2.05 bits per heavy atom. The van der Waals surface area contributed by atoms with Gasteiger partial charge in [0.05, 0.1) is 6.10 Å². The molecule has 1 nitrogen and oxygen atoms in total. The van der Waals surface area contributed by atoms with Crippen LogP contribution >= 0.6 is 11.3 Å². The van der Waals surface area contributed by atoms with E-state index in [2.05, 4.69) is 0 Å². The zero-order valence-corrected chi connectivity index (χ0v) is 11.1. The van der Waals surface area contributed by atoms with Gasteiger partial charge in [-0.2, -0.15) is 0 Å². The SMILES string of the molecule is OC(Cc1ccc(F)cc1F)c1cc2c(s1)CCC2. The minimum atomic E-state index is -0.712. The Hall–Kier alpha value is -1.26. The van der Waals surface area contributed by atoms with Gasteiger partial charge in [0.15, 0.2) is 0 Å².